The van der Waals surface area contributed by atoms with E-state index in [1.54, 1.807) is 7.11 Å². The molecule has 0 fully saturated rings. The number of allylic oxidation sites excluding steroid dienone is 1. The highest BCUT2D eigenvalue weighted by Gasteiger charge is 2.19. The van der Waals surface area contributed by atoms with Crippen molar-refractivity contribution in [3.05, 3.63) is 47.0 Å². The van der Waals surface area contributed by atoms with Crippen molar-refractivity contribution in [3.8, 4) is 23.0 Å². The van der Waals surface area contributed by atoms with Crippen molar-refractivity contribution in [2.45, 2.75) is 20.3 Å². The number of ether oxygens (including phenoxy) is 4. The number of benzene rings is 2. The van der Waals surface area contributed by atoms with E-state index >= 15 is 0 Å². The highest BCUT2D eigenvalue weighted by Crippen LogP contribution is 2.41. The van der Waals surface area contributed by atoms with E-state index in [4.69, 9.17) is 18.9 Å². The van der Waals surface area contributed by atoms with Crippen molar-refractivity contribution in [2.75, 3.05) is 45.9 Å². The number of hydrogen-bond donors (Lipinski definition) is 0. The molecule has 0 aliphatic carbocycles. The molecule has 0 amide bonds. The molecule has 6 nitrogen and oxygen atoms in total. The molecule has 0 radical (unpaired) electrons. The van der Waals surface area contributed by atoms with Gasteiger partial charge in [-0.3, -0.25) is 4.79 Å². The number of methoxy groups -OCH3 is 1. The van der Waals surface area contributed by atoms with Crippen LogP contribution in [0.25, 0.3) is 6.08 Å². The lowest BCUT2D eigenvalue weighted by Gasteiger charge is -2.21. The Morgan fingerprint density at radius 3 is 2.53 bits per heavy atom. The standard InChI is InChI=1S/C24H29NO5/c1-6-17(12-16-13-21(27-5)24-22(14-16)29-10-11-30-24)23(26)18-8-9-20(28-7-2)19(15-18)25(3)4/h8-9,12-15H,6-7,10-11H2,1-5H3. The number of fused-ring (bicyclic) bond motifs is 1. The lowest BCUT2D eigenvalue weighted by atomic mass is 9.98. The minimum Gasteiger partial charge on any atom is -0.493 e. The zero-order valence-corrected chi connectivity index (χ0v) is 18.3. The topological polar surface area (TPSA) is 57.2 Å². The number of anilines is 1. The molecule has 30 heavy (non-hydrogen) atoms. The predicted molar refractivity (Wildman–Crippen MR) is 119 cm³/mol. The van der Waals surface area contributed by atoms with Gasteiger partial charge < -0.3 is 23.8 Å². The molecule has 0 saturated carbocycles. The van der Waals surface area contributed by atoms with Crippen molar-refractivity contribution in [2.24, 2.45) is 0 Å². The highest BCUT2D eigenvalue weighted by molar-refractivity contribution is 6.11. The lowest BCUT2D eigenvalue weighted by molar-refractivity contribution is 0.103. The summed E-state index contributed by atoms with van der Waals surface area (Å²) in [6.45, 7) is 5.46. The summed E-state index contributed by atoms with van der Waals surface area (Å²) in [5, 5.41) is 0. The van der Waals surface area contributed by atoms with Crippen molar-refractivity contribution < 1.29 is 23.7 Å². The van der Waals surface area contributed by atoms with Gasteiger partial charge in [-0.25, -0.2) is 0 Å². The number of hydrogen-bond acceptors (Lipinski definition) is 6. The molecule has 0 bridgehead atoms. The molecule has 0 N–H and O–H groups in total. The summed E-state index contributed by atoms with van der Waals surface area (Å²) < 4.78 is 22.5. The van der Waals surface area contributed by atoms with Gasteiger partial charge in [0.1, 0.15) is 19.0 Å². The van der Waals surface area contributed by atoms with Gasteiger partial charge in [0, 0.05) is 25.2 Å². The fourth-order valence-corrected chi connectivity index (χ4v) is 3.38. The molecule has 1 aliphatic rings. The van der Waals surface area contributed by atoms with E-state index in [1.165, 1.54) is 0 Å². The molecule has 0 aromatic heterocycles. The van der Waals surface area contributed by atoms with Gasteiger partial charge in [-0.05, 0) is 55.3 Å². The maximum absolute atomic E-state index is 13.3. The Hall–Kier alpha value is -3.15. The maximum Gasteiger partial charge on any atom is 0.203 e. The van der Waals surface area contributed by atoms with Crippen LogP contribution >= 0.6 is 0 Å². The molecule has 3 rings (SSSR count). The van der Waals surface area contributed by atoms with Crippen LogP contribution < -0.4 is 23.8 Å². The highest BCUT2D eigenvalue weighted by atomic mass is 16.6. The molecule has 0 spiro atoms. The molecular formula is C24H29NO5. The summed E-state index contributed by atoms with van der Waals surface area (Å²) in [7, 11) is 5.46. The monoisotopic (exact) mass is 411 g/mol. The molecule has 0 unspecified atom stereocenters. The van der Waals surface area contributed by atoms with Gasteiger partial charge in [0.15, 0.2) is 17.3 Å². The number of rotatable bonds is 8. The van der Waals surface area contributed by atoms with Crippen molar-refractivity contribution in [1.29, 1.82) is 0 Å². The van der Waals surface area contributed by atoms with Gasteiger partial charge in [0.25, 0.3) is 0 Å². The van der Waals surface area contributed by atoms with Crippen LogP contribution in [0.2, 0.25) is 0 Å². The molecule has 1 aliphatic heterocycles. The van der Waals surface area contributed by atoms with Crippen molar-refractivity contribution in [1.82, 2.24) is 0 Å². The first-order valence-electron chi connectivity index (χ1n) is 10.2. The lowest BCUT2D eigenvalue weighted by Crippen LogP contribution is -2.16. The Morgan fingerprint density at radius 2 is 1.87 bits per heavy atom. The average Bonchev–Trinajstić information content (AvgIpc) is 2.76. The van der Waals surface area contributed by atoms with Gasteiger partial charge in [0.2, 0.25) is 5.75 Å². The molecule has 6 heteroatoms. The number of nitrogens with zero attached hydrogens (tertiary/aromatic N) is 1. The van der Waals surface area contributed by atoms with Crippen LogP contribution in [0, 0.1) is 0 Å². The van der Waals surface area contributed by atoms with E-state index in [2.05, 4.69) is 0 Å². The second-order valence-corrected chi connectivity index (χ2v) is 7.11. The van der Waals surface area contributed by atoms with Crippen LogP contribution in [0.4, 0.5) is 5.69 Å². The molecular weight excluding hydrogens is 382 g/mol. The van der Waals surface area contributed by atoms with E-state index < -0.39 is 0 Å². The van der Waals surface area contributed by atoms with Gasteiger partial charge in [-0.2, -0.15) is 0 Å². The summed E-state index contributed by atoms with van der Waals surface area (Å²) in [6, 6.07) is 9.28. The maximum atomic E-state index is 13.3. The fourth-order valence-electron chi connectivity index (χ4n) is 3.38. The Kier molecular flexibility index (Phi) is 6.87. The molecule has 160 valence electrons. The zero-order valence-electron chi connectivity index (χ0n) is 18.3. The first-order chi connectivity index (χ1) is 14.5. The number of carbonyl (C=O) groups excluding carboxylic acids is 1. The third-order valence-electron chi connectivity index (χ3n) is 4.87. The third-order valence-corrected chi connectivity index (χ3v) is 4.87. The van der Waals surface area contributed by atoms with Crippen LogP contribution in [-0.4, -0.2) is 46.8 Å². The van der Waals surface area contributed by atoms with E-state index in [9.17, 15) is 4.79 Å². The Morgan fingerprint density at radius 1 is 1.10 bits per heavy atom. The number of Topliss-reactive ketones (excluding diaryl/α,β-unsaturated/α-hetero) is 1. The quantitative estimate of drug-likeness (QED) is 0.467. The summed E-state index contributed by atoms with van der Waals surface area (Å²) >= 11 is 0. The van der Waals surface area contributed by atoms with Crippen molar-refractivity contribution in [3.63, 3.8) is 0 Å². The van der Waals surface area contributed by atoms with Crippen LogP contribution in [0.15, 0.2) is 35.9 Å². The molecule has 0 saturated heterocycles. The smallest absolute Gasteiger partial charge is 0.203 e. The van der Waals surface area contributed by atoms with Gasteiger partial charge in [0.05, 0.1) is 19.4 Å². The van der Waals surface area contributed by atoms with Crippen LogP contribution in [0.3, 0.4) is 0 Å². The van der Waals surface area contributed by atoms with Crippen molar-refractivity contribution >= 4 is 17.5 Å². The average molecular weight is 411 g/mol. The molecule has 0 atom stereocenters. The molecule has 2 aromatic rings. The Balaban J connectivity index is 1.97. The number of carbonyl (C=O) groups is 1. The van der Waals surface area contributed by atoms with E-state index in [-0.39, 0.29) is 5.78 Å². The van der Waals surface area contributed by atoms with Gasteiger partial charge in [-0.1, -0.05) is 6.92 Å². The summed E-state index contributed by atoms with van der Waals surface area (Å²) in [4.78, 5) is 15.2. The number of ketones is 1. The zero-order chi connectivity index (χ0) is 21.7. The van der Waals surface area contributed by atoms with E-state index in [0.29, 0.717) is 54.6 Å². The molecule has 2 aromatic carbocycles. The van der Waals surface area contributed by atoms with Crippen LogP contribution in [0.1, 0.15) is 36.2 Å². The SMILES string of the molecule is CCOc1ccc(C(=O)C(=Cc2cc(OC)c3c(c2)OCCO3)CC)cc1N(C)C. The predicted octanol–water partition coefficient (Wildman–Crippen LogP) is 4.61. The van der Waals surface area contributed by atoms with Gasteiger partial charge in [-0.15, -0.1) is 0 Å². The second kappa shape index (κ2) is 9.57. The minimum absolute atomic E-state index is 0.0162. The van der Waals surface area contributed by atoms with E-state index in [0.717, 1.165) is 17.0 Å². The normalized spacial score (nSPS) is 13.0. The Labute approximate surface area is 178 Å². The minimum atomic E-state index is -0.0162. The summed E-state index contributed by atoms with van der Waals surface area (Å²) in [5.74, 6) is 2.57. The Bertz CT molecular complexity index is 932. The fraction of sp³-hybridized carbons (Fsp3) is 0.375. The summed E-state index contributed by atoms with van der Waals surface area (Å²) in [6.07, 6.45) is 2.48. The van der Waals surface area contributed by atoms with E-state index in [1.807, 2.05) is 69.3 Å². The first-order valence-corrected chi connectivity index (χ1v) is 10.2. The van der Waals surface area contributed by atoms with Crippen LogP contribution in [-0.2, 0) is 0 Å². The van der Waals surface area contributed by atoms with Gasteiger partial charge >= 0.3 is 0 Å². The third kappa shape index (κ3) is 4.53. The largest absolute Gasteiger partial charge is 0.493 e. The summed E-state index contributed by atoms with van der Waals surface area (Å²) in [5.41, 5.74) is 3.03. The first kappa shape index (κ1) is 21.6. The van der Waals surface area contributed by atoms with Crippen LogP contribution in [0.5, 0.6) is 23.0 Å². The second-order valence-electron chi connectivity index (χ2n) is 7.11. The molecule has 1 heterocycles.